The van der Waals surface area contributed by atoms with Crippen LogP contribution in [0.3, 0.4) is 0 Å². The van der Waals surface area contributed by atoms with Crippen LogP contribution in [-0.2, 0) is 9.59 Å². The Morgan fingerprint density at radius 2 is 0.857 bits per heavy atom. The Balaban J connectivity index is 2.38. The molecule has 190 valence electrons. The molecule has 4 heteroatoms. The van der Waals surface area contributed by atoms with Crippen LogP contribution in [0.5, 0.6) is 0 Å². The third-order valence-corrected chi connectivity index (χ3v) is 7.42. The van der Waals surface area contributed by atoms with Crippen LogP contribution in [0.15, 0.2) is 36.4 Å². The minimum absolute atomic E-state index is 0.130. The highest BCUT2D eigenvalue weighted by molar-refractivity contribution is 6.20. The third kappa shape index (κ3) is 4.52. The fourth-order valence-corrected chi connectivity index (χ4v) is 5.31. The number of hydrogen-bond donors (Lipinski definition) is 0. The van der Waals surface area contributed by atoms with Crippen molar-refractivity contribution in [1.29, 1.82) is 0 Å². The molecule has 0 N–H and O–H groups in total. The van der Waals surface area contributed by atoms with Crippen molar-refractivity contribution < 1.29 is 9.59 Å². The summed E-state index contributed by atoms with van der Waals surface area (Å²) < 4.78 is 0. The van der Waals surface area contributed by atoms with E-state index in [0.717, 1.165) is 33.6 Å². The Labute approximate surface area is 212 Å². The zero-order valence-electron chi connectivity index (χ0n) is 23.6. The number of para-hydroxylation sites is 2. The van der Waals surface area contributed by atoms with E-state index in [2.05, 4.69) is 91.8 Å². The van der Waals surface area contributed by atoms with Gasteiger partial charge in [0.25, 0.3) is 0 Å². The summed E-state index contributed by atoms with van der Waals surface area (Å²) in [5.74, 6) is 0.710. The highest BCUT2D eigenvalue weighted by atomic mass is 16.2. The Morgan fingerprint density at radius 1 is 0.600 bits per heavy atom. The molecule has 1 aliphatic rings. The molecule has 0 atom stereocenters. The number of anilines is 2. The van der Waals surface area contributed by atoms with Gasteiger partial charge >= 0.3 is 0 Å². The maximum atomic E-state index is 14.1. The Hall–Kier alpha value is -2.62. The van der Waals surface area contributed by atoms with Crippen LogP contribution < -0.4 is 9.80 Å². The minimum atomic E-state index is -1.18. The first-order valence-corrected chi connectivity index (χ1v) is 13.2. The smallest absolute Gasteiger partial charge is 0.243 e. The molecular weight excluding hydrogens is 432 g/mol. The number of rotatable bonds is 6. The number of carbonyl (C=O) groups excluding carboxylic acids is 2. The zero-order valence-corrected chi connectivity index (χ0v) is 23.6. The van der Waals surface area contributed by atoms with Crippen LogP contribution in [-0.4, -0.2) is 18.0 Å². The molecule has 2 aromatic rings. The molecule has 3 rings (SSSR count). The van der Waals surface area contributed by atoms with E-state index in [0.29, 0.717) is 0 Å². The van der Waals surface area contributed by atoms with E-state index in [4.69, 9.17) is 0 Å². The lowest BCUT2D eigenvalue weighted by Crippen LogP contribution is -2.66. The molecule has 0 bridgehead atoms. The maximum Gasteiger partial charge on any atom is 0.243 e. The van der Waals surface area contributed by atoms with Gasteiger partial charge in [-0.1, -0.05) is 91.8 Å². The van der Waals surface area contributed by atoms with Crippen LogP contribution in [0.4, 0.5) is 11.4 Å². The normalized spacial score (nSPS) is 17.0. The highest BCUT2D eigenvalue weighted by Gasteiger charge is 2.52. The molecule has 0 aliphatic carbocycles. The molecular formula is C31H44N2O2. The molecule has 35 heavy (non-hydrogen) atoms. The van der Waals surface area contributed by atoms with Gasteiger partial charge in [-0.25, -0.2) is 0 Å². The van der Waals surface area contributed by atoms with Crippen LogP contribution in [0.2, 0.25) is 0 Å². The van der Waals surface area contributed by atoms with Crippen LogP contribution in [0, 0.1) is 5.41 Å². The summed E-state index contributed by atoms with van der Waals surface area (Å²) in [5, 5.41) is 0. The lowest BCUT2D eigenvalue weighted by Gasteiger charge is -2.50. The first-order valence-electron chi connectivity index (χ1n) is 13.2. The van der Waals surface area contributed by atoms with E-state index in [1.54, 1.807) is 13.8 Å². The van der Waals surface area contributed by atoms with Crippen LogP contribution in [0.1, 0.15) is 122 Å². The van der Waals surface area contributed by atoms with Gasteiger partial charge in [-0.3, -0.25) is 19.4 Å². The number of amides is 2. The van der Waals surface area contributed by atoms with E-state index in [1.807, 2.05) is 16.7 Å². The Morgan fingerprint density at radius 3 is 1.09 bits per heavy atom. The number of benzene rings is 2. The van der Waals surface area contributed by atoms with Crippen molar-refractivity contribution in [2.24, 2.45) is 5.41 Å². The Bertz CT molecular complexity index is 973. The van der Waals surface area contributed by atoms with Gasteiger partial charge in [0.15, 0.2) is 0 Å². The van der Waals surface area contributed by atoms with Crippen molar-refractivity contribution in [3.05, 3.63) is 58.7 Å². The lowest BCUT2D eigenvalue weighted by molar-refractivity contribution is -0.141. The number of nitrogens with zero attached hydrogens (tertiary/aromatic N) is 2. The van der Waals surface area contributed by atoms with Gasteiger partial charge in [0.2, 0.25) is 11.8 Å². The van der Waals surface area contributed by atoms with Gasteiger partial charge in [-0.2, -0.15) is 0 Å². The van der Waals surface area contributed by atoms with Gasteiger partial charge in [0, 0.05) is 0 Å². The van der Waals surface area contributed by atoms with Gasteiger partial charge < -0.3 is 0 Å². The molecule has 0 saturated carbocycles. The molecule has 1 fully saturated rings. The fourth-order valence-electron chi connectivity index (χ4n) is 5.31. The van der Waals surface area contributed by atoms with Gasteiger partial charge in [0.1, 0.15) is 11.6 Å². The van der Waals surface area contributed by atoms with Crippen molar-refractivity contribution in [1.82, 2.24) is 0 Å². The molecule has 0 unspecified atom stereocenters. The van der Waals surface area contributed by atoms with Crippen LogP contribution >= 0.6 is 0 Å². The van der Waals surface area contributed by atoms with Crippen molar-refractivity contribution in [3.8, 4) is 0 Å². The topological polar surface area (TPSA) is 40.6 Å². The quantitative estimate of drug-likeness (QED) is 0.397. The molecule has 1 heterocycles. The summed E-state index contributed by atoms with van der Waals surface area (Å²) in [4.78, 5) is 32.1. The molecule has 2 amide bonds. The summed E-state index contributed by atoms with van der Waals surface area (Å²) in [5.41, 5.74) is 5.32. The van der Waals surface area contributed by atoms with Crippen molar-refractivity contribution in [2.45, 2.75) is 106 Å². The van der Waals surface area contributed by atoms with Crippen molar-refractivity contribution >= 4 is 23.2 Å². The largest absolute Gasteiger partial charge is 0.290 e. The third-order valence-electron chi connectivity index (χ3n) is 7.42. The number of hydrogen-bond acceptors (Lipinski definition) is 2. The zero-order chi connectivity index (χ0) is 26.4. The summed E-state index contributed by atoms with van der Waals surface area (Å²) >= 11 is 0. The monoisotopic (exact) mass is 476 g/mol. The Kier molecular flexibility index (Phi) is 7.55. The minimum Gasteiger partial charge on any atom is -0.290 e. The highest BCUT2D eigenvalue weighted by Crippen LogP contribution is 2.46. The van der Waals surface area contributed by atoms with Crippen LogP contribution in [0.25, 0.3) is 0 Å². The van der Waals surface area contributed by atoms with E-state index < -0.39 is 11.6 Å². The molecule has 0 radical (unpaired) electrons. The number of carbonyl (C=O) groups is 2. The first-order chi connectivity index (χ1) is 16.2. The van der Waals surface area contributed by atoms with E-state index in [9.17, 15) is 9.59 Å². The molecule has 2 aromatic carbocycles. The summed E-state index contributed by atoms with van der Waals surface area (Å²) in [6, 6.07) is 12.7. The second-order valence-electron chi connectivity index (χ2n) is 11.8. The summed E-state index contributed by atoms with van der Waals surface area (Å²) in [6.45, 7) is 22.9. The fraction of sp³-hybridized carbons (Fsp3) is 0.548. The van der Waals surface area contributed by atoms with Crippen molar-refractivity contribution in [3.63, 3.8) is 0 Å². The van der Waals surface area contributed by atoms with E-state index >= 15 is 0 Å². The second-order valence-corrected chi connectivity index (χ2v) is 11.8. The predicted molar refractivity (Wildman–Crippen MR) is 147 cm³/mol. The predicted octanol–water partition coefficient (Wildman–Crippen LogP) is 7.93. The van der Waals surface area contributed by atoms with Gasteiger partial charge in [0.05, 0.1) is 11.4 Å². The molecule has 1 aliphatic heterocycles. The SMILES string of the molecule is CC(C)c1cccc(C(C)C)c1N1C(=O)C(C)(C)C(=O)N(c2c(C(C)C)cccc2C(C)C)C1C. The average molecular weight is 477 g/mol. The first kappa shape index (κ1) is 27.0. The summed E-state index contributed by atoms with van der Waals surface area (Å²) in [6.07, 6.45) is -0.446. The lowest BCUT2D eigenvalue weighted by atomic mass is 9.82. The summed E-state index contributed by atoms with van der Waals surface area (Å²) in [7, 11) is 0. The van der Waals surface area contributed by atoms with E-state index in [-0.39, 0.29) is 35.5 Å². The molecule has 0 aromatic heterocycles. The molecule has 4 nitrogen and oxygen atoms in total. The molecule has 0 spiro atoms. The average Bonchev–Trinajstić information content (AvgIpc) is 2.77. The molecule has 1 saturated heterocycles. The van der Waals surface area contributed by atoms with Crippen molar-refractivity contribution in [2.75, 3.05) is 9.80 Å². The van der Waals surface area contributed by atoms with Gasteiger partial charge in [-0.05, 0) is 66.7 Å². The second kappa shape index (κ2) is 9.79. The standard InChI is InChI=1S/C31H44N2O2/c1-18(2)23-14-12-15-24(19(3)4)27(23)32-22(9)33(30(35)31(10,11)29(32)34)28-25(20(5)6)16-13-17-26(28)21(7)8/h12-22H,1-11H3. The van der Waals surface area contributed by atoms with Gasteiger partial charge in [-0.15, -0.1) is 0 Å². The van der Waals surface area contributed by atoms with E-state index in [1.165, 1.54) is 0 Å². The maximum absolute atomic E-state index is 14.1.